The summed E-state index contributed by atoms with van der Waals surface area (Å²) in [5.74, 6) is 0.491. The second kappa shape index (κ2) is 10.0. The zero-order chi connectivity index (χ0) is 20.9. The van der Waals surface area contributed by atoms with Gasteiger partial charge >= 0.3 is 0 Å². The topological polar surface area (TPSA) is 32.8 Å². The number of halogens is 1. The van der Waals surface area contributed by atoms with E-state index < -0.39 is 0 Å². The normalized spacial score (nSPS) is 20.5. The minimum atomic E-state index is -0.126. The molecular weight excluding hydrogens is 399 g/mol. The highest BCUT2D eigenvalue weighted by molar-refractivity contribution is 7.13. The molecule has 0 aliphatic carbocycles. The quantitative estimate of drug-likeness (QED) is 0.637. The lowest BCUT2D eigenvalue weighted by atomic mass is 9.95. The van der Waals surface area contributed by atoms with E-state index in [1.54, 1.807) is 17.4 Å². The number of rotatable bonds is 7. The maximum Gasteiger partial charge on any atom is 0.264 e. The summed E-state index contributed by atoms with van der Waals surface area (Å²) in [6.07, 6.45) is 4.35. The summed E-state index contributed by atoms with van der Waals surface area (Å²) in [4.78, 5) is 19.5. The summed E-state index contributed by atoms with van der Waals surface area (Å²) in [6.45, 7) is 6.86. The van der Waals surface area contributed by atoms with Crippen LogP contribution in [-0.4, -0.2) is 54.6 Å². The molecule has 3 heterocycles. The molecular formula is C24H31FN2O2S. The van der Waals surface area contributed by atoms with Crippen LogP contribution in [0.15, 0.2) is 36.4 Å². The van der Waals surface area contributed by atoms with Crippen molar-refractivity contribution in [2.75, 3.05) is 32.8 Å². The van der Waals surface area contributed by atoms with E-state index in [-0.39, 0.29) is 17.8 Å². The molecule has 6 heteroatoms. The van der Waals surface area contributed by atoms with E-state index in [2.05, 4.69) is 4.90 Å². The van der Waals surface area contributed by atoms with Crippen LogP contribution in [0.1, 0.15) is 45.8 Å². The van der Waals surface area contributed by atoms with Gasteiger partial charge in [0.15, 0.2) is 0 Å². The van der Waals surface area contributed by atoms with Gasteiger partial charge in [0.05, 0.1) is 11.0 Å². The molecule has 0 N–H and O–H groups in total. The summed E-state index contributed by atoms with van der Waals surface area (Å²) < 4.78 is 19.8. The van der Waals surface area contributed by atoms with Gasteiger partial charge in [-0.1, -0.05) is 18.2 Å². The first kappa shape index (κ1) is 21.5. The number of ether oxygens (including phenoxy) is 1. The predicted octanol–water partition coefficient (Wildman–Crippen LogP) is 4.73. The van der Waals surface area contributed by atoms with Crippen molar-refractivity contribution in [3.05, 3.63) is 57.5 Å². The minimum absolute atomic E-state index is 0.126. The van der Waals surface area contributed by atoms with Crippen LogP contribution < -0.4 is 0 Å². The molecule has 162 valence electrons. The molecule has 1 amide bonds. The van der Waals surface area contributed by atoms with Crippen LogP contribution in [0.3, 0.4) is 0 Å². The molecule has 2 saturated heterocycles. The fraction of sp³-hybridized carbons (Fsp3) is 0.542. The Morgan fingerprint density at radius 1 is 1.17 bits per heavy atom. The summed E-state index contributed by atoms with van der Waals surface area (Å²) in [7, 11) is 0. The summed E-state index contributed by atoms with van der Waals surface area (Å²) >= 11 is 1.57. The van der Waals surface area contributed by atoms with Crippen LogP contribution in [0, 0.1) is 18.7 Å². The van der Waals surface area contributed by atoms with E-state index in [9.17, 15) is 9.18 Å². The Balaban J connectivity index is 1.34. The Bertz CT molecular complexity index is 841. The smallest absolute Gasteiger partial charge is 0.264 e. The zero-order valence-corrected chi connectivity index (χ0v) is 18.5. The summed E-state index contributed by atoms with van der Waals surface area (Å²) in [6, 6.07) is 11.0. The van der Waals surface area contributed by atoms with E-state index in [1.807, 2.05) is 36.1 Å². The molecule has 1 aromatic carbocycles. The lowest BCUT2D eigenvalue weighted by molar-refractivity contribution is 0.0448. The average Bonchev–Trinajstić information content (AvgIpc) is 3.42. The molecule has 2 aliphatic heterocycles. The highest BCUT2D eigenvalue weighted by atomic mass is 32.1. The molecule has 0 bridgehead atoms. The number of aryl methyl sites for hydroxylation is 1. The minimum Gasteiger partial charge on any atom is -0.376 e. The maximum absolute atomic E-state index is 14.0. The van der Waals surface area contributed by atoms with Gasteiger partial charge in [0.1, 0.15) is 5.82 Å². The van der Waals surface area contributed by atoms with E-state index in [4.69, 9.17) is 4.74 Å². The SMILES string of the molecule is Cc1ccc(C(=O)N(CC2CCN(Cc3ccccc3F)CC2)C[C@H]2CCCO2)s1. The van der Waals surface area contributed by atoms with Crippen LogP contribution in [0.2, 0.25) is 0 Å². The standard InChI is InChI=1S/C24H31FN2O2S/c1-18-8-9-23(30-18)24(28)27(17-21-6-4-14-29-21)15-19-10-12-26(13-11-19)16-20-5-2-3-7-22(20)25/h2-3,5,7-9,19,21H,4,6,10-17H2,1H3/t21-/m1/s1. The average molecular weight is 431 g/mol. The van der Waals surface area contributed by atoms with Gasteiger partial charge in [-0.05, 0) is 69.8 Å². The molecule has 2 aromatic rings. The van der Waals surface area contributed by atoms with Crippen LogP contribution in [-0.2, 0) is 11.3 Å². The number of carbonyl (C=O) groups excluding carboxylic acids is 1. The number of benzene rings is 1. The Morgan fingerprint density at radius 2 is 1.97 bits per heavy atom. The zero-order valence-electron chi connectivity index (χ0n) is 17.7. The van der Waals surface area contributed by atoms with Crippen molar-refractivity contribution in [3.63, 3.8) is 0 Å². The van der Waals surface area contributed by atoms with Crippen LogP contribution in [0.5, 0.6) is 0 Å². The largest absolute Gasteiger partial charge is 0.376 e. The molecule has 4 rings (SSSR count). The Kier molecular flexibility index (Phi) is 7.18. The van der Waals surface area contributed by atoms with E-state index in [1.165, 1.54) is 6.07 Å². The number of nitrogens with zero attached hydrogens (tertiary/aromatic N) is 2. The number of hydrogen-bond donors (Lipinski definition) is 0. The first-order valence-corrected chi connectivity index (χ1v) is 11.8. The monoisotopic (exact) mass is 430 g/mol. The molecule has 2 fully saturated rings. The van der Waals surface area contributed by atoms with Crippen molar-refractivity contribution in [1.29, 1.82) is 0 Å². The van der Waals surface area contributed by atoms with Crippen molar-refractivity contribution in [2.45, 2.75) is 45.3 Å². The number of hydrogen-bond acceptors (Lipinski definition) is 4. The van der Waals surface area contributed by atoms with Gasteiger partial charge in [-0.15, -0.1) is 11.3 Å². The predicted molar refractivity (Wildman–Crippen MR) is 118 cm³/mol. The van der Waals surface area contributed by atoms with Crippen LogP contribution in [0.4, 0.5) is 4.39 Å². The molecule has 0 radical (unpaired) electrons. The van der Waals surface area contributed by atoms with Gasteiger partial charge in [-0.3, -0.25) is 9.69 Å². The van der Waals surface area contributed by atoms with Gasteiger partial charge in [0, 0.05) is 36.7 Å². The van der Waals surface area contributed by atoms with Gasteiger partial charge in [0.25, 0.3) is 5.91 Å². The van der Waals surface area contributed by atoms with E-state index >= 15 is 0 Å². The number of thiophene rings is 1. The first-order valence-electron chi connectivity index (χ1n) is 11.0. The maximum atomic E-state index is 14.0. The number of piperidine rings is 1. The Hall–Kier alpha value is -1.76. The molecule has 4 nitrogen and oxygen atoms in total. The molecule has 0 saturated carbocycles. The fourth-order valence-electron chi connectivity index (χ4n) is 4.49. The summed E-state index contributed by atoms with van der Waals surface area (Å²) in [5.41, 5.74) is 0.763. The lowest BCUT2D eigenvalue weighted by Gasteiger charge is -2.35. The van der Waals surface area contributed by atoms with Crippen molar-refractivity contribution < 1.29 is 13.9 Å². The number of amides is 1. The van der Waals surface area contributed by atoms with Gasteiger partial charge in [-0.2, -0.15) is 0 Å². The molecule has 1 aromatic heterocycles. The molecule has 1 atom stereocenters. The van der Waals surface area contributed by atoms with Gasteiger partial charge in [-0.25, -0.2) is 4.39 Å². The fourth-order valence-corrected chi connectivity index (χ4v) is 5.32. The third-order valence-electron chi connectivity index (χ3n) is 6.22. The molecule has 30 heavy (non-hydrogen) atoms. The highest BCUT2D eigenvalue weighted by Gasteiger charge is 2.28. The lowest BCUT2D eigenvalue weighted by Crippen LogP contribution is -2.43. The highest BCUT2D eigenvalue weighted by Crippen LogP contribution is 2.25. The van der Waals surface area contributed by atoms with Gasteiger partial charge in [0.2, 0.25) is 0 Å². The third-order valence-corrected chi connectivity index (χ3v) is 7.21. The third kappa shape index (κ3) is 5.48. The first-order chi connectivity index (χ1) is 14.6. The molecule has 0 unspecified atom stereocenters. The second-order valence-corrected chi connectivity index (χ2v) is 9.85. The number of carbonyl (C=O) groups is 1. The van der Waals surface area contributed by atoms with Crippen molar-refractivity contribution in [3.8, 4) is 0 Å². The Morgan fingerprint density at radius 3 is 2.63 bits per heavy atom. The second-order valence-electron chi connectivity index (χ2n) is 8.57. The van der Waals surface area contributed by atoms with Crippen molar-refractivity contribution in [2.24, 2.45) is 5.92 Å². The van der Waals surface area contributed by atoms with E-state index in [0.717, 1.165) is 67.2 Å². The summed E-state index contributed by atoms with van der Waals surface area (Å²) in [5, 5.41) is 0. The van der Waals surface area contributed by atoms with E-state index in [0.29, 0.717) is 19.0 Å². The van der Waals surface area contributed by atoms with Crippen LogP contribution in [0.25, 0.3) is 0 Å². The van der Waals surface area contributed by atoms with Crippen molar-refractivity contribution >= 4 is 17.2 Å². The Labute approximate surface area is 182 Å². The molecule has 2 aliphatic rings. The number of likely N-dealkylation sites (tertiary alicyclic amines) is 1. The van der Waals surface area contributed by atoms with Crippen molar-refractivity contribution in [1.82, 2.24) is 9.80 Å². The van der Waals surface area contributed by atoms with Crippen LogP contribution >= 0.6 is 11.3 Å². The van der Waals surface area contributed by atoms with Gasteiger partial charge < -0.3 is 9.64 Å². The molecule has 0 spiro atoms.